The Labute approximate surface area is 213 Å². The Morgan fingerprint density at radius 1 is 1.00 bits per heavy atom. The van der Waals surface area contributed by atoms with E-state index in [4.69, 9.17) is 0 Å². The molecule has 0 N–H and O–H groups in total. The van der Waals surface area contributed by atoms with E-state index in [1.807, 2.05) is 6.07 Å². The Bertz CT molecular complexity index is 860. The van der Waals surface area contributed by atoms with Gasteiger partial charge >= 0.3 is 0 Å². The summed E-state index contributed by atoms with van der Waals surface area (Å²) in [5, 5.41) is 0. The third kappa shape index (κ3) is 7.17. The van der Waals surface area contributed by atoms with Crippen LogP contribution in [-0.2, 0) is 55.3 Å². The summed E-state index contributed by atoms with van der Waals surface area (Å²) < 4.78 is 0.716. The first-order valence-electron chi connectivity index (χ1n) is 11.4. The Morgan fingerprint density at radius 3 is 2.32 bits per heavy atom. The van der Waals surface area contributed by atoms with Crippen LogP contribution in [0.15, 0.2) is 48.5 Å². The molecule has 2 unspecified atom stereocenters. The van der Waals surface area contributed by atoms with Gasteiger partial charge < -0.3 is 4.48 Å². The zero-order valence-electron chi connectivity index (χ0n) is 19.4. The van der Waals surface area contributed by atoms with Crippen LogP contribution in [0.5, 0.6) is 0 Å². The number of benzene rings is 2. The summed E-state index contributed by atoms with van der Waals surface area (Å²) in [6.45, 7) is 9.36. The minimum absolute atomic E-state index is 0. The summed E-state index contributed by atoms with van der Waals surface area (Å²) in [6, 6.07) is 16.7. The number of ketones is 2. The summed E-state index contributed by atoms with van der Waals surface area (Å²) in [7, 11) is 0. The van der Waals surface area contributed by atoms with Gasteiger partial charge in [-0.05, 0) is 49.8 Å². The predicted molar refractivity (Wildman–Crippen MR) is 122 cm³/mol. The molecule has 2 aromatic rings. The molecule has 4 heteroatoms. The van der Waals surface area contributed by atoms with Crippen molar-refractivity contribution in [2.45, 2.75) is 59.4 Å². The molecule has 0 spiro atoms. The monoisotopic (exact) mass is 495 g/mol. The molecule has 0 aromatic heterocycles. The molecule has 1 aliphatic rings. The SMILES string of the molecule is CCCC(=O)C1CCC[N+](CC(=O)Cc2c(C)cccc2C)(Cc2ccccc2)C1.[Y]. The largest absolute Gasteiger partial charge is 0.313 e. The molecule has 1 fully saturated rings. The zero-order chi connectivity index (χ0) is 21.6. The van der Waals surface area contributed by atoms with Crippen LogP contribution in [0.2, 0.25) is 0 Å². The first-order chi connectivity index (χ1) is 14.4. The van der Waals surface area contributed by atoms with E-state index in [9.17, 15) is 9.59 Å². The second kappa shape index (κ2) is 12.2. The van der Waals surface area contributed by atoms with E-state index >= 15 is 0 Å². The van der Waals surface area contributed by atoms with E-state index in [-0.39, 0.29) is 44.4 Å². The number of piperidine rings is 1. The van der Waals surface area contributed by atoms with Crippen molar-refractivity contribution < 1.29 is 46.8 Å². The quantitative estimate of drug-likeness (QED) is 0.448. The van der Waals surface area contributed by atoms with Crippen molar-refractivity contribution >= 4 is 11.6 Å². The van der Waals surface area contributed by atoms with Crippen molar-refractivity contribution in [2.75, 3.05) is 19.6 Å². The van der Waals surface area contributed by atoms with Gasteiger partial charge in [0.05, 0.1) is 19.0 Å². The van der Waals surface area contributed by atoms with Crippen LogP contribution >= 0.6 is 0 Å². The van der Waals surface area contributed by atoms with Crippen molar-refractivity contribution in [3.63, 3.8) is 0 Å². The minimum Gasteiger partial charge on any atom is -0.313 e. The maximum atomic E-state index is 13.3. The first kappa shape index (κ1) is 26.1. The number of Topliss-reactive ketones (excluding diaryl/α,β-unsaturated/α-hetero) is 2. The van der Waals surface area contributed by atoms with Crippen LogP contribution in [0.4, 0.5) is 0 Å². The summed E-state index contributed by atoms with van der Waals surface area (Å²) in [4.78, 5) is 26.0. The Balaban J connectivity index is 0.00000341. The van der Waals surface area contributed by atoms with Crippen molar-refractivity contribution in [3.05, 3.63) is 70.8 Å². The standard InChI is InChI=1S/C27H36NO2.Y/c1-4-10-27(30)24-15-9-16-28(19-24,18-23-13-6-5-7-14-23)20-25(29)17-26-21(2)11-8-12-22(26)3;/h5-8,11-14,24H,4,9-10,15-20H2,1-3H3;/q+1;. The van der Waals surface area contributed by atoms with Crippen LogP contribution in [-0.4, -0.2) is 35.7 Å². The van der Waals surface area contributed by atoms with E-state index < -0.39 is 0 Å². The molecule has 163 valence electrons. The Hall–Kier alpha value is -1.16. The fourth-order valence-corrected chi connectivity index (χ4v) is 5.11. The van der Waals surface area contributed by atoms with E-state index in [2.05, 4.69) is 63.2 Å². The number of carbonyl (C=O) groups excluding carboxylic acids is 2. The van der Waals surface area contributed by atoms with Crippen LogP contribution in [0, 0.1) is 19.8 Å². The smallest absolute Gasteiger partial charge is 0.191 e. The van der Waals surface area contributed by atoms with Gasteiger partial charge in [-0.15, -0.1) is 0 Å². The van der Waals surface area contributed by atoms with Crippen molar-refractivity contribution in [2.24, 2.45) is 5.92 Å². The molecule has 0 bridgehead atoms. The molecule has 1 heterocycles. The second-order valence-electron chi connectivity index (χ2n) is 9.19. The zero-order valence-corrected chi connectivity index (χ0v) is 22.2. The van der Waals surface area contributed by atoms with Crippen LogP contribution in [0.1, 0.15) is 54.9 Å². The normalized spacial score (nSPS) is 20.7. The van der Waals surface area contributed by atoms with Gasteiger partial charge in [0.15, 0.2) is 5.78 Å². The fraction of sp³-hybridized carbons (Fsp3) is 0.481. The van der Waals surface area contributed by atoms with E-state index in [0.29, 0.717) is 29.7 Å². The maximum absolute atomic E-state index is 13.3. The molecule has 0 aliphatic carbocycles. The molecule has 0 amide bonds. The fourth-order valence-electron chi connectivity index (χ4n) is 5.11. The number of likely N-dealkylation sites (tertiary alicyclic amines) is 1. The topological polar surface area (TPSA) is 34.1 Å². The second-order valence-corrected chi connectivity index (χ2v) is 9.19. The number of aryl methyl sites for hydroxylation is 2. The van der Waals surface area contributed by atoms with Crippen LogP contribution < -0.4 is 0 Å². The first-order valence-corrected chi connectivity index (χ1v) is 11.4. The Kier molecular flexibility index (Phi) is 10.3. The number of quaternary nitrogens is 1. The van der Waals surface area contributed by atoms with Crippen molar-refractivity contribution in [1.82, 2.24) is 0 Å². The van der Waals surface area contributed by atoms with Crippen molar-refractivity contribution in [3.8, 4) is 0 Å². The van der Waals surface area contributed by atoms with Gasteiger partial charge in [0, 0.05) is 51.1 Å². The molecule has 3 nitrogen and oxygen atoms in total. The molecule has 3 rings (SSSR count). The molecular formula is C27H36NO2Y+. The van der Waals surface area contributed by atoms with E-state index in [1.54, 1.807) is 0 Å². The van der Waals surface area contributed by atoms with Crippen LogP contribution in [0.25, 0.3) is 0 Å². The third-order valence-corrected chi connectivity index (χ3v) is 6.64. The molecule has 2 atom stereocenters. The molecule has 1 saturated heterocycles. The minimum atomic E-state index is 0. The molecular weight excluding hydrogens is 459 g/mol. The van der Waals surface area contributed by atoms with Gasteiger partial charge in [-0.3, -0.25) is 9.59 Å². The number of hydrogen-bond donors (Lipinski definition) is 0. The van der Waals surface area contributed by atoms with E-state index in [0.717, 1.165) is 44.5 Å². The average Bonchev–Trinajstić information content (AvgIpc) is 2.72. The van der Waals surface area contributed by atoms with Gasteiger partial charge in [0.25, 0.3) is 0 Å². The third-order valence-electron chi connectivity index (χ3n) is 6.64. The van der Waals surface area contributed by atoms with Crippen molar-refractivity contribution in [1.29, 1.82) is 0 Å². The average molecular weight is 495 g/mol. The summed E-state index contributed by atoms with van der Waals surface area (Å²) in [5.41, 5.74) is 4.79. The van der Waals surface area contributed by atoms with Gasteiger partial charge in [-0.25, -0.2) is 0 Å². The maximum Gasteiger partial charge on any atom is 0.191 e. The molecule has 1 aliphatic heterocycles. The Morgan fingerprint density at radius 2 is 1.68 bits per heavy atom. The molecule has 2 aromatic carbocycles. The molecule has 0 saturated carbocycles. The van der Waals surface area contributed by atoms with Crippen LogP contribution in [0.3, 0.4) is 0 Å². The summed E-state index contributed by atoms with van der Waals surface area (Å²) >= 11 is 0. The predicted octanol–water partition coefficient (Wildman–Crippen LogP) is 5.21. The van der Waals surface area contributed by atoms with Gasteiger partial charge in [-0.2, -0.15) is 0 Å². The molecule has 31 heavy (non-hydrogen) atoms. The molecule has 1 radical (unpaired) electrons. The summed E-state index contributed by atoms with van der Waals surface area (Å²) in [5.74, 6) is 0.761. The number of hydrogen-bond acceptors (Lipinski definition) is 2. The number of rotatable bonds is 9. The summed E-state index contributed by atoms with van der Waals surface area (Å²) in [6.07, 6.45) is 4.04. The van der Waals surface area contributed by atoms with E-state index in [1.165, 1.54) is 16.7 Å². The number of carbonyl (C=O) groups is 2. The van der Waals surface area contributed by atoms with Gasteiger partial charge in [0.2, 0.25) is 0 Å². The van der Waals surface area contributed by atoms with Gasteiger partial charge in [-0.1, -0.05) is 55.5 Å². The van der Waals surface area contributed by atoms with Gasteiger partial charge in [0.1, 0.15) is 18.9 Å². The number of nitrogens with zero attached hydrogens (tertiary/aromatic N) is 1.